The van der Waals surface area contributed by atoms with Gasteiger partial charge in [-0.2, -0.15) is 4.98 Å². The third-order valence-corrected chi connectivity index (χ3v) is 6.46. The minimum Gasteiger partial charge on any atom is -0.494 e. The lowest BCUT2D eigenvalue weighted by molar-refractivity contribution is 0.102. The van der Waals surface area contributed by atoms with Crippen LogP contribution in [0.1, 0.15) is 27.3 Å². The summed E-state index contributed by atoms with van der Waals surface area (Å²) in [4.78, 5) is 35.4. The van der Waals surface area contributed by atoms with Crippen LogP contribution in [0.2, 0.25) is 10.2 Å². The summed E-state index contributed by atoms with van der Waals surface area (Å²) in [6.07, 6.45) is 4.55. The number of fused-ring (bicyclic) bond motifs is 1. The number of aromatic nitrogens is 5. The van der Waals surface area contributed by atoms with Crippen molar-refractivity contribution in [1.29, 1.82) is 0 Å². The second-order valence-electron chi connectivity index (χ2n) is 7.69. The van der Waals surface area contributed by atoms with E-state index in [0.717, 1.165) is 11.3 Å². The lowest BCUT2D eigenvalue weighted by atomic mass is 10.0. The van der Waals surface area contributed by atoms with E-state index in [0.29, 0.717) is 48.8 Å². The van der Waals surface area contributed by atoms with E-state index in [4.69, 9.17) is 27.9 Å². The van der Waals surface area contributed by atoms with Crippen LogP contribution in [0.3, 0.4) is 0 Å². The van der Waals surface area contributed by atoms with Gasteiger partial charge in [-0.3, -0.25) is 15.1 Å². The maximum absolute atomic E-state index is 13.3. The van der Waals surface area contributed by atoms with Crippen molar-refractivity contribution >= 4 is 56.1 Å². The number of anilines is 1. The van der Waals surface area contributed by atoms with Gasteiger partial charge in [0.25, 0.3) is 5.91 Å². The largest absolute Gasteiger partial charge is 0.494 e. The molecule has 0 aliphatic heterocycles. The molecule has 0 radical (unpaired) electrons. The Balaban J connectivity index is 1.43. The Morgan fingerprint density at radius 1 is 0.973 bits per heavy atom. The molecule has 4 heterocycles. The lowest BCUT2D eigenvalue weighted by Crippen LogP contribution is -2.14. The predicted octanol–water partition coefficient (Wildman–Crippen LogP) is 5.82. The van der Waals surface area contributed by atoms with E-state index in [1.54, 1.807) is 24.3 Å². The fourth-order valence-electron chi connectivity index (χ4n) is 3.42. The summed E-state index contributed by atoms with van der Waals surface area (Å²) in [6.45, 7) is 1.83. The summed E-state index contributed by atoms with van der Waals surface area (Å²) in [5, 5.41) is 4.08. The van der Waals surface area contributed by atoms with E-state index in [2.05, 4.69) is 42.1 Å². The van der Waals surface area contributed by atoms with Crippen LogP contribution in [-0.2, 0) is 0 Å². The number of carbonyl (C=O) groups excluding carboxylic acids is 1. The molecule has 11 heteroatoms. The number of ether oxygens (including phenoxy) is 1. The summed E-state index contributed by atoms with van der Waals surface area (Å²) < 4.78 is 5.43. The van der Waals surface area contributed by atoms with Crippen molar-refractivity contribution in [3.05, 3.63) is 87.7 Å². The highest BCUT2D eigenvalue weighted by atomic mass is 35.5. The quantitative estimate of drug-likeness (QED) is 0.224. The first-order valence-electron chi connectivity index (χ1n) is 10.8. The van der Waals surface area contributed by atoms with Crippen molar-refractivity contribution in [3.8, 4) is 28.7 Å². The molecule has 0 saturated carbocycles. The Morgan fingerprint density at radius 3 is 2.57 bits per heavy atom. The predicted molar refractivity (Wildman–Crippen MR) is 144 cm³/mol. The normalized spacial score (nSPS) is 10.6. The van der Waals surface area contributed by atoms with Crippen molar-refractivity contribution < 1.29 is 9.53 Å². The molecule has 0 atom stereocenters. The van der Waals surface area contributed by atoms with Gasteiger partial charge in [-0.25, -0.2) is 15.0 Å². The third kappa shape index (κ3) is 5.52. The summed E-state index contributed by atoms with van der Waals surface area (Å²) >= 11 is 13.2. The Labute approximate surface area is 225 Å². The molecule has 0 aliphatic carbocycles. The number of nitrogens with zero attached hydrogens (tertiary/aromatic N) is 5. The number of aryl methyl sites for hydroxylation is 1. The SMILES string of the molecule is COc1cnc(Cl)cc1-c1cc(C)ncc1C(=O)Nc1nc2ncc(C#Cc3ccc(Cl)cc3)nc2s1. The number of nitrogens with one attached hydrogen (secondary N) is 1. The van der Waals surface area contributed by atoms with Gasteiger partial charge in [0.2, 0.25) is 0 Å². The van der Waals surface area contributed by atoms with Gasteiger partial charge in [-0.15, -0.1) is 0 Å². The van der Waals surface area contributed by atoms with Gasteiger partial charge in [0.15, 0.2) is 15.6 Å². The molecule has 0 unspecified atom stereocenters. The zero-order valence-electron chi connectivity index (χ0n) is 19.4. The van der Waals surface area contributed by atoms with Crippen LogP contribution in [0.5, 0.6) is 5.75 Å². The van der Waals surface area contributed by atoms with E-state index < -0.39 is 5.91 Å². The average Bonchev–Trinajstić information content (AvgIpc) is 3.29. The van der Waals surface area contributed by atoms with Gasteiger partial charge in [-0.05, 0) is 49.2 Å². The minimum atomic E-state index is -0.403. The van der Waals surface area contributed by atoms with Crippen molar-refractivity contribution in [1.82, 2.24) is 24.9 Å². The average molecular weight is 547 g/mol. The fourth-order valence-corrected chi connectivity index (χ4v) is 4.50. The fraction of sp³-hybridized carbons (Fsp3) is 0.0769. The second-order valence-corrected chi connectivity index (χ2v) is 9.49. The number of hydrogen-bond acceptors (Lipinski definition) is 8. The smallest absolute Gasteiger partial charge is 0.259 e. The molecule has 0 aliphatic rings. The van der Waals surface area contributed by atoms with Crippen LogP contribution in [0, 0.1) is 18.8 Å². The lowest BCUT2D eigenvalue weighted by Gasteiger charge is -2.13. The highest BCUT2D eigenvalue weighted by Crippen LogP contribution is 2.34. The Kier molecular flexibility index (Phi) is 6.97. The monoisotopic (exact) mass is 546 g/mol. The van der Waals surface area contributed by atoms with Crippen molar-refractivity contribution in [3.63, 3.8) is 0 Å². The topological polar surface area (TPSA) is 103 Å². The molecule has 37 heavy (non-hydrogen) atoms. The number of amides is 1. The molecule has 5 rings (SSSR count). The van der Waals surface area contributed by atoms with Gasteiger partial charge >= 0.3 is 0 Å². The molecule has 1 amide bonds. The van der Waals surface area contributed by atoms with Gasteiger partial charge in [0, 0.05) is 33.6 Å². The number of carbonyl (C=O) groups is 1. The Morgan fingerprint density at radius 2 is 1.78 bits per heavy atom. The van der Waals surface area contributed by atoms with Gasteiger partial charge < -0.3 is 4.74 Å². The first-order valence-corrected chi connectivity index (χ1v) is 12.4. The van der Waals surface area contributed by atoms with Gasteiger partial charge in [0.05, 0.1) is 25.1 Å². The van der Waals surface area contributed by atoms with Gasteiger partial charge in [0.1, 0.15) is 16.6 Å². The highest BCUT2D eigenvalue weighted by Gasteiger charge is 2.19. The van der Waals surface area contributed by atoms with Crippen LogP contribution < -0.4 is 10.1 Å². The molecule has 0 bridgehead atoms. The molecule has 0 fully saturated rings. The van der Waals surface area contributed by atoms with E-state index in [-0.39, 0.29) is 5.15 Å². The molecular weight excluding hydrogens is 531 g/mol. The van der Waals surface area contributed by atoms with Crippen molar-refractivity contribution in [2.45, 2.75) is 6.92 Å². The Bertz CT molecular complexity index is 1710. The van der Waals surface area contributed by atoms with Crippen LogP contribution in [0.15, 0.2) is 55.0 Å². The second kappa shape index (κ2) is 10.5. The van der Waals surface area contributed by atoms with Crippen molar-refractivity contribution in [2.24, 2.45) is 0 Å². The van der Waals surface area contributed by atoms with E-state index in [9.17, 15) is 4.79 Å². The molecule has 1 aromatic carbocycles. The van der Waals surface area contributed by atoms with E-state index >= 15 is 0 Å². The van der Waals surface area contributed by atoms with E-state index in [1.807, 2.05) is 19.1 Å². The molecular formula is C26H16Cl2N6O2S. The van der Waals surface area contributed by atoms with Gasteiger partial charge in [-0.1, -0.05) is 40.5 Å². The number of methoxy groups -OCH3 is 1. The summed E-state index contributed by atoms with van der Waals surface area (Å²) in [5.41, 5.74) is 3.96. The van der Waals surface area contributed by atoms with E-state index in [1.165, 1.54) is 37.0 Å². The standard InChI is InChI=1S/C26H16Cl2N6O2S/c1-14-9-18(19-10-22(28)30-13-21(19)36-2)20(12-29-14)24(35)34-26-33-23-25(37-26)32-17(11-31-23)8-5-15-3-6-16(27)7-4-15/h3-4,6-7,9-13H,1-2H3,(H,31,33,34,35). The Hall–Kier alpha value is -4.10. The molecule has 182 valence electrons. The molecule has 8 nitrogen and oxygen atoms in total. The molecule has 0 spiro atoms. The zero-order valence-corrected chi connectivity index (χ0v) is 21.7. The highest BCUT2D eigenvalue weighted by molar-refractivity contribution is 7.21. The molecule has 1 N–H and O–H groups in total. The van der Waals surface area contributed by atoms with Crippen LogP contribution in [0.4, 0.5) is 5.13 Å². The number of halogens is 2. The minimum absolute atomic E-state index is 0.273. The van der Waals surface area contributed by atoms with Crippen LogP contribution in [-0.4, -0.2) is 37.9 Å². The summed E-state index contributed by atoms with van der Waals surface area (Å²) in [6, 6.07) is 10.6. The van der Waals surface area contributed by atoms with Crippen molar-refractivity contribution in [2.75, 3.05) is 12.4 Å². The number of thiazole rings is 1. The first-order chi connectivity index (χ1) is 17.9. The summed E-state index contributed by atoms with van der Waals surface area (Å²) in [5.74, 6) is 6.08. The number of benzene rings is 1. The van der Waals surface area contributed by atoms with Crippen LogP contribution >= 0.6 is 34.5 Å². The third-order valence-electron chi connectivity index (χ3n) is 5.15. The number of rotatable bonds is 4. The first kappa shape index (κ1) is 24.6. The molecule has 4 aromatic heterocycles. The zero-order chi connectivity index (χ0) is 25.9. The number of pyridine rings is 2. The maximum Gasteiger partial charge on any atom is 0.259 e. The summed E-state index contributed by atoms with van der Waals surface area (Å²) in [7, 11) is 1.53. The number of hydrogen-bond donors (Lipinski definition) is 1. The molecule has 0 saturated heterocycles. The van der Waals surface area contributed by atoms with Crippen LogP contribution in [0.25, 0.3) is 21.6 Å². The molecule has 5 aromatic rings. The maximum atomic E-state index is 13.3.